The molecule has 0 spiro atoms. The zero-order valence-corrected chi connectivity index (χ0v) is 16.2. The monoisotopic (exact) mass is 402 g/mol. The Hall–Kier alpha value is 0.530. The van der Waals surface area contributed by atoms with Crippen molar-refractivity contribution in [2.45, 2.75) is 81.9 Å². The molecule has 0 aliphatic carbocycles. The van der Waals surface area contributed by atoms with E-state index < -0.39 is 10.3 Å². The van der Waals surface area contributed by atoms with Gasteiger partial charge in [0.1, 0.15) is 0 Å². The molecular weight excluding hydrogens is 375 g/mol. The Morgan fingerprint density at radius 1 is 0.905 bits per heavy atom. The number of hydrogen-bond donors (Lipinski definition) is 0. The highest BCUT2D eigenvalue weighted by molar-refractivity contribution is 9.09. The van der Waals surface area contributed by atoms with Crippen molar-refractivity contribution in [1.29, 1.82) is 0 Å². The molecule has 0 aliphatic rings. The Labute approximate surface area is 148 Å². The third-order valence-electron chi connectivity index (χ3n) is 3.45. The molecule has 0 aromatic heterocycles. The molecule has 0 fully saturated rings. The molecule has 0 saturated carbocycles. The number of halogens is 3. The van der Waals surface area contributed by atoms with Gasteiger partial charge in [-0.15, -0.1) is 0 Å². The van der Waals surface area contributed by atoms with Crippen molar-refractivity contribution >= 4 is 45.1 Å². The maximum Gasteiger partial charge on any atom is 0.342 e. The fourth-order valence-corrected chi connectivity index (χ4v) is 2.97. The van der Waals surface area contributed by atoms with Crippen LogP contribution in [0.3, 0.4) is 0 Å². The molecule has 0 amide bonds. The smallest absolute Gasteiger partial charge is 0.342 e. The topological polar surface area (TPSA) is 26.3 Å². The fraction of sp³-hybridized carbons (Fsp3) is 0.938. The van der Waals surface area contributed by atoms with E-state index in [1.54, 1.807) is 6.92 Å². The van der Waals surface area contributed by atoms with Crippen LogP contribution in [-0.4, -0.2) is 22.2 Å². The lowest BCUT2D eigenvalue weighted by Gasteiger charge is -2.17. The first-order valence-corrected chi connectivity index (χ1v) is 10.0. The highest BCUT2D eigenvalue weighted by Gasteiger charge is 2.34. The molecule has 2 nitrogen and oxygen atoms in total. The second kappa shape index (κ2) is 14.1. The van der Waals surface area contributed by atoms with Crippen molar-refractivity contribution in [2.75, 3.05) is 11.9 Å². The Kier molecular flexibility index (Phi) is 14.5. The molecule has 0 radical (unpaired) electrons. The number of rotatable bonds is 14. The van der Waals surface area contributed by atoms with Crippen LogP contribution in [-0.2, 0) is 9.53 Å². The second-order valence-corrected chi connectivity index (χ2v) is 7.68. The first-order chi connectivity index (χ1) is 10.0. The van der Waals surface area contributed by atoms with Crippen molar-refractivity contribution in [2.24, 2.45) is 0 Å². The number of carbonyl (C=O) groups is 1. The molecule has 0 aliphatic heterocycles. The number of esters is 1. The Morgan fingerprint density at radius 2 is 1.33 bits per heavy atom. The minimum atomic E-state index is -1.37. The minimum Gasteiger partial charge on any atom is -0.464 e. The van der Waals surface area contributed by atoms with Gasteiger partial charge in [0.25, 0.3) is 0 Å². The summed E-state index contributed by atoms with van der Waals surface area (Å²) >= 11 is 15.4. The summed E-state index contributed by atoms with van der Waals surface area (Å²) in [6.07, 6.45) is 12.8. The van der Waals surface area contributed by atoms with Crippen LogP contribution in [0.25, 0.3) is 0 Å². The van der Waals surface area contributed by atoms with Crippen molar-refractivity contribution in [3.63, 3.8) is 0 Å². The number of carbonyl (C=O) groups excluding carboxylic acids is 1. The standard InChI is InChI=1S/C16H29BrCl2O2/c1-2-21-15(20)16(18,19)13-11-9-7-5-3-4-6-8-10-12-14-17/h2-14H2,1H3. The molecular formula is C16H29BrCl2O2. The van der Waals surface area contributed by atoms with Crippen LogP contribution in [0, 0.1) is 0 Å². The molecule has 21 heavy (non-hydrogen) atoms. The quantitative estimate of drug-likeness (QED) is 0.190. The zero-order valence-electron chi connectivity index (χ0n) is 13.1. The third-order valence-corrected chi connectivity index (χ3v) is 4.70. The van der Waals surface area contributed by atoms with Crippen molar-refractivity contribution in [3.8, 4) is 0 Å². The van der Waals surface area contributed by atoms with E-state index >= 15 is 0 Å². The highest BCUT2D eigenvalue weighted by Crippen LogP contribution is 2.29. The lowest BCUT2D eigenvalue weighted by atomic mass is 10.1. The normalized spacial score (nSPS) is 11.6. The SMILES string of the molecule is CCOC(=O)C(Cl)(Cl)CCCCCCCCCCCCBr. The number of hydrogen-bond acceptors (Lipinski definition) is 2. The summed E-state index contributed by atoms with van der Waals surface area (Å²) in [4.78, 5) is 11.5. The van der Waals surface area contributed by atoms with Gasteiger partial charge in [0, 0.05) is 5.33 Å². The summed E-state index contributed by atoms with van der Waals surface area (Å²) < 4.78 is 3.48. The molecule has 126 valence electrons. The van der Waals surface area contributed by atoms with Gasteiger partial charge in [-0.25, -0.2) is 4.79 Å². The maximum absolute atomic E-state index is 11.5. The first kappa shape index (κ1) is 21.5. The van der Waals surface area contributed by atoms with E-state index in [9.17, 15) is 4.79 Å². The van der Waals surface area contributed by atoms with Gasteiger partial charge in [0.05, 0.1) is 6.61 Å². The van der Waals surface area contributed by atoms with Gasteiger partial charge in [0.15, 0.2) is 0 Å². The third kappa shape index (κ3) is 12.7. The largest absolute Gasteiger partial charge is 0.464 e. The van der Waals surface area contributed by atoms with Crippen LogP contribution < -0.4 is 0 Å². The molecule has 0 aromatic carbocycles. The predicted molar refractivity (Wildman–Crippen MR) is 95.7 cm³/mol. The highest BCUT2D eigenvalue weighted by atomic mass is 79.9. The van der Waals surface area contributed by atoms with E-state index in [4.69, 9.17) is 27.9 Å². The molecule has 0 rings (SSSR count). The average Bonchev–Trinajstić information content (AvgIpc) is 2.45. The van der Waals surface area contributed by atoms with Gasteiger partial charge in [-0.2, -0.15) is 0 Å². The molecule has 0 atom stereocenters. The van der Waals surface area contributed by atoms with Crippen LogP contribution in [0.2, 0.25) is 0 Å². The van der Waals surface area contributed by atoms with Crippen molar-refractivity contribution in [1.82, 2.24) is 0 Å². The summed E-state index contributed by atoms with van der Waals surface area (Å²) in [6, 6.07) is 0. The van der Waals surface area contributed by atoms with E-state index in [0.717, 1.165) is 18.2 Å². The Balaban J connectivity index is 3.37. The number of ether oxygens (including phenoxy) is 1. The van der Waals surface area contributed by atoms with Crippen molar-refractivity contribution < 1.29 is 9.53 Å². The van der Waals surface area contributed by atoms with E-state index in [1.165, 1.54) is 51.4 Å². The maximum atomic E-state index is 11.5. The summed E-state index contributed by atoms with van der Waals surface area (Å²) in [5, 5.41) is 1.13. The number of alkyl halides is 3. The lowest BCUT2D eigenvalue weighted by molar-refractivity contribution is -0.144. The molecule has 0 bridgehead atoms. The predicted octanol–water partition coefficient (Wildman–Crippen LogP) is 6.41. The van der Waals surface area contributed by atoms with Crippen LogP contribution in [0.15, 0.2) is 0 Å². The van der Waals surface area contributed by atoms with Crippen LogP contribution in [0.4, 0.5) is 0 Å². The van der Waals surface area contributed by atoms with E-state index in [1.807, 2.05) is 0 Å². The minimum absolute atomic E-state index is 0.315. The summed E-state index contributed by atoms with van der Waals surface area (Å²) in [5.74, 6) is -0.517. The van der Waals surface area contributed by atoms with E-state index in [2.05, 4.69) is 15.9 Å². The molecule has 5 heteroatoms. The lowest BCUT2D eigenvalue weighted by Crippen LogP contribution is -2.28. The van der Waals surface area contributed by atoms with Gasteiger partial charge >= 0.3 is 5.97 Å². The van der Waals surface area contributed by atoms with Crippen LogP contribution >= 0.6 is 39.1 Å². The molecule has 0 aromatic rings. The van der Waals surface area contributed by atoms with Gasteiger partial charge < -0.3 is 4.74 Å². The Morgan fingerprint density at radius 3 is 1.76 bits per heavy atom. The second-order valence-electron chi connectivity index (χ2n) is 5.40. The van der Waals surface area contributed by atoms with Gasteiger partial charge in [-0.05, 0) is 26.2 Å². The zero-order chi connectivity index (χ0) is 16.0. The van der Waals surface area contributed by atoms with Gasteiger partial charge in [-0.1, -0.05) is 90.5 Å². The molecule has 0 N–H and O–H groups in total. The van der Waals surface area contributed by atoms with Gasteiger partial charge in [-0.3, -0.25) is 0 Å². The summed E-state index contributed by atoms with van der Waals surface area (Å²) in [7, 11) is 0. The number of unbranched alkanes of at least 4 members (excludes halogenated alkanes) is 9. The van der Waals surface area contributed by atoms with E-state index in [-0.39, 0.29) is 0 Å². The molecule has 0 heterocycles. The van der Waals surface area contributed by atoms with Crippen molar-refractivity contribution in [3.05, 3.63) is 0 Å². The van der Waals surface area contributed by atoms with Crippen LogP contribution in [0.5, 0.6) is 0 Å². The fourth-order valence-electron chi connectivity index (χ4n) is 2.19. The van der Waals surface area contributed by atoms with Gasteiger partial charge in [0.2, 0.25) is 4.33 Å². The first-order valence-electron chi connectivity index (χ1n) is 8.15. The summed E-state index contributed by atoms with van der Waals surface area (Å²) in [5.41, 5.74) is 0. The molecule has 0 unspecified atom stereocenters. The van der Waals surface area contributed by atoms with E-state index in [0.29, 0.717) is 13.0 Å². The summed E-state index contributed by atoms with van der Waals surface area (Å²) in [6.45, 7) is 2.07. The molecule has 0 saturated heterocycles. The Bertz CT molecular complexity index is 261. The van der Waals surface area contributed by atoms with Crippen LogP contribution in [0.1, 0.15) is 77.6 Å². The average molecular weight is 404 g/mol.